The number of aromatic nitrogens is 3. The largest absolute Gasteiger partial charge is 0.394 e. The number of carbonyl (C=O) groups is 1. The first-order chi connectivity index (χ1) is 11.1. The first-order valence-electron chi connectivity index (χ1n) is 7.96. The molecule has 2 aromatic rings. The Morgan fingerprint density at radius 2 is 2.30 bits per heavy atom. The number of aliphatic hydroxyl groups excluding tert-OH is 1. The summed E-state index contributed by atoms with van der Waals surface area (Å²) in [5.74, 6) is 0.356. The minimum atomic E-state index is 0.0837. The van der Waals surface area contributed by atoms with Crippen LogP contribution in [0.3, 0.4) is 0 Å². The van der Waals surface area contributed by atoms with Gasteiger partial charge in [-0.25, -0.2) is 4.98 Å². The zero-order chi connectivity index (χ0) is 16.4. The van der Waals surface area contributed by atoms with Gasteiger partial charge in [-0.1, -0.05) is 0 Å². The Hall–Kier alpha value is -1.73. The molecular formula is C16H22N4O2S. The molecule has 7 heteroatoms. The third kappa shape index (κ3) is 3.45. The number of thiazole rings is 1. The molecule has 3 heterocycles. The van der Waals surface area contributed by atoms with Gasteiger partial charge in [0.15, 0.2) is 0 Å². The lowest BCUT2D eigenvalue weighted by Gasteiger charge is -2.31. The summed E-state index contributed by atoms with van der Waals surface area (Å²) in [7, 11) is 0. The normalized spacial score (nSPS) is 18.4. The molecule has 0 radical (unpaired) electrons. The van der Waals surface area contributed by atoms with Crippen LogP contribution in [0.25, 0.3) is 0 Å². The van der Waals surface area contributed by atoms with Crippen LogP contribution in [0.2, 0.25) is 0 Å². The van der Waals surface area contributed by atoms with Crippen LogP contribution >= 0.6 is 11.3 Å². The van der Waals surface area contributed by atoms with E-state index in [1.54, 1.807) is 4.68 Å². The predicted octanol–water partition coefficient (Wildman–Crippen LogP) is 1.97. The molecule has 0 saturated carbocycles. The zero-order valence-corrected chi connectivity index (χ0v) is 14.3. The number of carbonyl (C=O) groups excluding carboxylic acids is 1. The first-order valence-corrected chi connectivity index (χ1v) is 8.77. The molecule has 1 N–H and O–H groups in total. The van der Waals surface area contributed by atoms with E-state index in [2.05, 4.69) is 10.1 Å². The highest BCUT2D eigenvalue weighted by molar-refractivity contribution is 7.13. The van der Waals surface area contributed by atoms with E-state index in [9.17, 15) is 4.79 Å². The average molecular weight is 334 g/mol. The number of hydrogen-bond donors (Lipinski definition) is 1. The maximum Gasteiger partial charge on any atom is 0.265 e. The van der Waals surface area contributed by atoms with Crippen molar-refractivity contribution in [2.24, 2.45) is 0 Å². The first kappa shape index (κ1) is 16.1. The number of rotatable bonds is 4. The molecule has 1 atom stereocenters. The standard InChI is InChI=1S/C16H22N4O2S/c1-11-15(23-12(2)17-11)16(22)19-6-3-4-13(10-19)14-5-7-20(18-14)8-9-21/h5,7,13,21H,3-4,6,8-10H2,1-2H3/t13-/m1/s1. The molecule has 0 bridgehead atoms. The summed E-state index contributed by atoms with van der Waals surface area (Å²) in [6.45, 7) is 5.92. The fourth-order valence-corrected chi connectivity index (χ4v) is 3.99. The summed E-state index contributed by atoms with van der Waals surface area (Å²) in [6, 6.07) is 2.00. The number of aryl methyl sites for hydroxylation is 2. The van der Waals surface area contributed by atoms with Crippen molar-refractivity contribution in [2.45, 2.75) is 39.2 Å². The lowest BCUT2D eigenvalue weighted by atomic mass is 9.95. The van der Waals surface area contributed by atoms with E-state index < -0.39 is 0 Å². The summed E-state index contributed by atoms with van der Waals surface area (Å²) >= 11 is 1.47. The number of amides is 1. The highest BCUT2D eigenvalue weighted by Crippen LogP contribution is 2.28. The highest BCUT2D eigenvalue weighted by Gasteiger charge is 2.28. The van der Waals surface area contributed by atoms with Gasteiger partial charge in [-0.15, -0.1) is 11.3 Å². The molecular weight excluding hydrogens is 312 g/mol. The minimum Gasteiger partial charge on any atom is -0.394 e. The van der Waals surface area contributed by atoms with Gasteiger partial charge >= 0.3 is 0 Å². The van der Waals surface area contributed by atoms with Crippen LogP contribution < -0.4 is 0 Å². The van der Waals surface area contributed by atoms with Crippen molar-refractivity contribution in [3.8, 4) is 0 Å². The molecule has 0 spiro atoms. The molecule has 2 aromatic heterocycles. The topological polar surface area (TPSA) is 71.2 Å². The molecule has 1 fully saturated rings. The summed E-state index contributed by atoms with van der Waals surface area (Å²) in [6.07, 6.45) is 3.92. The molecule has 1 amide bonds. The lowest BCUT2D eigenvalue weighted by Crippen LogP contribution is -2.39. The second-order valence-electron chi connectivity index (χ2n) is 5.97. The SMILES string of the molecule is Cc1nc(C)c(C(=O)N2CCC[C@@H](c3ccn(CCO)n3)C2)s1. The Kier molecular flexibility index (Phi) is 4.77. The fraction of sp³-hybridized carbons (Fsp3) is 0.562. The van der Waals surface area contributed by atoms with Crippen molar-refractivity contribution in [3.05, 3.63) is 33.5 Å². The van der Waals surface area contributed by atoms with Crippen LogP contribution in [0.4, 0.5) is 0 Å². The maximum atomic E-state index is 12.8. The van der Waals surface area contributed by atoms with Crippen LogP contribution in [0.15, 0.2) is 12.3 Å². The lowest BCUT2D eigenvalue weighted by molar-refractivity contribution is 0.0709. The average Bonchev–Trinajstić information content (AvgIpc) is 3.13. The van der Waals surface area contributed by atoms with Crippen molar-refractivity contribution in [3.63, 3.8) is 0 Å². The van der Waals surface area contributed by atoms with Crippen molar-refractivity contribution < 1.29 is 9.90 Å². The van der Waals surface area contributed by atoms with Gasteiger partial charge in [0, 0.05) is 25.2 Å². The molecule has 1 aliphatic rings. The summed E-state index contributed by atoms with van der Waals surface area (Å²) in [5.41, 5.74) is 1.83. The summed E-state index contributed by atoms with van der Waals surface area (Å²) < 4.78 is 1.76. The summed E-state index contributed by atoms with van der Waals surface area (Å²) in [4.78, 5) is 19.8. The van der Waals surface area contributed by atoms with E-state index in [0.29, 0.717) is 13.1 Å². The Balaban J connectivity index is 1.72. The van der Waals surface area contributed by atoms with Crippen molar-refractivity contribution in [2.75, 3.05) is 19.7 Å². The monoisotopic (exact) mass is 334 g/mol. The van der Waals surface area contributed by atoms with Crippen LogP contribution in [-0.2, 0) is 6.54 Å². The molecule has 6 nitrogen and oxygen atoms in total. The third-order valence-corrected chi connectivity index (χ3v) is 5.28. The third-order valence-electron chi connectivity index (χ3n) is 4.22. The Labute approximate surface area is 139 Å². The quantitative estimate of drug-likeness (QED) is 0.928. The maximum absolute atomic E-state index is 12.8. The fourth-order valence-electron chi connectivity index (χ4n) is 3.10. The van der Waals surface area contributed by atoms with Gasteiger partial charge in [-0.05, 0) is 32.8 Å². The van der Waals surface area contributed by atoms with Gasteiger partial charge in [0.2, 0.25) is 0 Å². The molecule has 124 valence electrons. The van der Waals surface area contributed by atoms with Gasteiger partial charge in [-0.2, -0.15) is 5.10 Å². The van der Waals surface area contributed by atoms with Crippen LogP contribution in [0.1, 0.15) is 44.8 Å². The van der Waals surface area contributed by atoms with Gasteiger partial charge in [0.1, 0.15) is 4.88 Å². The number of hydrogen-bond acceptors (Lipinski definition) is 5. The van der Waals surface area contributed by atoms with Gasteiger partial charge in [-0.3, -0.25) is 9.48 Å². The Bertz CT molecular complexity index is 694. The van der Waals surface area contributed by atoms with Gasteiger partial charge in [0.25, 0.3) is 5.91 Å². The highest BCUT2D eigenvalue weighted by atomic mass is 32.1. The van der Waals surface area contributed by atoms with Crippen LogP contribution in [0, 0.1) is 13.8 Å². The number of piperidine rings is 1. The predicted molar refractivity (Wildman–Crippen MR) is 88.8 cm³/mol. The molecule has 23 heavy (non-hydrogen) atoms. The van der Waals surface area contributed by atoms with Crippen molar-refractivity contribution >= 4 is 17.2 Å². The van der Waals surface area contributed by atoms with Crippen LogP contribution in [-0.4, -0.2) is 50.4 Å². The molecule has 0 unspecified atom stereocenters. The number of likely N-dealkylation sites (tertiary alicyclic amines) is 1. The van der Waals surface area contributed by atoms with Crippen LogP contribution in [0.5, 0.6) is 0 Å². The van der Waals surface area contributed by atoms with E-state index in [-0.39, 0.29) is 18.4 Å². The second kappa shape index (κ2) is 6.80. The Morgan fingerprint density at radius 3 is 3.00 bits per heavy atom. The van der Waals surface area contributed by atoms with Crippen molar-refractivity contribution in [1.82, 2.24) is 19.7 Å². The number of aliphatic hydroxyl groups is 1. The second-order valence-corrected chi connectivity index (χ2v) is 7.17. The van der Waals surface area contributed by atoms with E-state index >= 15 is 0 Å². The molecule has 3 rings (SSSR count). The minimum absolute atomic E-state index is 0.0837. The Morgan fingerprint density at radius 1 is 1.48 bits per heavy atom. The molecule has 1 aliphatic heterocycles. The zero-order valence-electron chi connectivity index (χ0n) is 13.5. The van der Waals surface area contributed by atoms with E-state index in [1.165, 1.54) is 11.3 Å². The smallest absolute Gasteiger partial charge is 0.265 e. The molecule has 0 aliphatic carbocycles. The summed E-state index contributed by atoms with van der Waals surface area (Å²) in [5, 5.41) is 14.4. The number of nitrogens with zero attached hydrogens (tertiary/aromatic N) is 4. The van der Waals surface area contributed by atoms with E-state index in [1.807, 2.05) is 31.0 Å². The van der Waals surface area contributed by atoms with E-state index in [0.717, 1.165) is 40.7 Å². The molecule has 1 saturated heterocycles. The van der Waals surface area contributed by atoms with E-state index in [4.69, 9.17) is 5.11 Å². The van der Waals surface area contributed by atoms with Crippen molar-refractivity contribution in [1.29, 1.82) is 0 Å². The van der Waals surface area contributed by atoms with Gasteiger partial charge < -0.3 is 10.0 Å². The molecule has 0 aromatic carbocycles. The van der Waals surface area contributed by atoms with Gasteiger partial charge in [0.05, 0.1) is 29.5 Å².